The number of imidazole rings is 1. The van der Waals surface area contributed by atoms with Crippen LogP contribution < -0.4 is 5.48 Å². The fourth-order valence-corrected chi connectivity index (χ4v) is 2.13. The van der Waals surface area contributed by atoms with Gasteiger partial charge in [0.15, 0.2) is 5.65 Å². The molecule has 0 bridgehead atoms. The Bertz CT molecular complexity index is 789. The lowest BCUT2D eigenvalue weighted by Gasteiger charge is -1.99. The zero-order valence-electron chi connectivity index (χ0n) is 11.7. The zero-order chi connectivity index (χ0) is 15.4. The third kappa shape index (κ3) is 3.18. The molecule has 0 saturated carbocycles. The van der Waals surface area contributed by atoms with Gasteiger partial charge < -0.3 is 4.98 Å². The summed E-state index contributed by atoms with van der Waals surface area (Å²) >= 11 is 0. The zero-order valence-corrected chi connectivity index (χ0v) is 11.7. The number of fused-ring (bicyclic) bond motifs is 1. The topological polar surface area (TPSA) is 90.9 Å². The number of H-pyrrole nitrogens is 1. The molecule has 6 nitrogen and oxygen atoms in total. The molecule has 3 rings (SSSR count). The highest BCUT2D eigenvalue weighted by atomic mass is 16.5. The predicted octanol–water partition coefficient (Wildman–Crippen LogP) is 2.07. The van der Waals surface area contributed by atoms with Crippen molar-refractivity contribution in [1.82, 2.24) is 20.4 Å². The van der Waals surface area contributed by atoms with Crippen molar-refractivity contribution in [3.05, 3.63) is 65.6 Å². The largest absolute Gasteiger partial charge is 0.340 e. The van der Waals surface area contributed by atoms with Crippen LogP contribution in [0.3, 0.4) is 0 Å². The van der Waals surface area contributed by atoms with Crippen molar-refractivity contribution in [3.8, 4) is 0 Å². The van der Waals surface area contributed by atoms with Gasteiger partial charge in [-0.05, 0) is 29.3 Å². The van der Waals surface area contributed by atoms with E-state index in [1.165, 1.54) is 6.08 Å². The van der Waals surface area contributed by atoms with E-state index in [9.17, 15) is 4.79 Å². The molecule has 2 heterocycles. The normalized spacial score (nSPS) is 11.1. The van der Waals surface area contributed by atoms with E-state index in [4.69, 9.17) is 5.21 Å². The number of carbonyl (C=O) groups excluding carboxylic acids is 1. The molecule has 0 fully saturated rings. The van der Waals surface area contributed by atoms with Crippen molar-refractivity contribution in [2.24, 2.45) is 0 Å². The third-order valence-electron chi connectivity index (χ3n) is 3.20. The Morgan fingerprint density at radius 2 is 2.09 bits per heavy atom. The Morgan fingerprint density at radius 1 is 1.27 bits per heavy atom. The van der Waals surface area contributed by atoms with Crippen LogP contribution in [0.5, 0.6) is 0 Å². The Hall–Kier alpha value is -2.99. The summed E-state index contributed by atoms with van der Waals surface area (Å²) in [6.45, 7) is 0. The number of carbonyl (C=O) groups is 1. The van der Waals surface area contributed by atoms with Gasteiger partial charge in [-0.25, -0.2) is 15.4 Å². The molecule has 0 aliphatic heterocycles. The highest BCUT2D eigenvalue weighted by molar-refractivity contribution is 5.90. The van der Waals surface area contributed by atoms with Crippen molar-refractivity contribution in [2.75, 3.05) is 0 Å². The van der Waals surface area contributed by atoms with Gasteiger partial charge in [-0.15, -0.1) is 0 Å². The van der Waals surface area contributed by atoms with Gasteiger partial charge in [0.05, 0.1) is 5.52 Å². The van der Waals surface area contributed by atoms with Gasteiger partial charge in [0.25, 0.3) is 5.91 Å². The first kappa shape index (κ1) is 14.0. The van der Waals surface area contributed by atoms with Gasteiger partial charge in [-0.1, -0.05) is 24.3 Å². The van der Waals surface area contributed by atoms with Gasteiger partial charge >= 0.3 is 0 Å². The smallest absolute Gasteiger partial charge is 0.267 e. The molecule has 22 heavy (non-hydrogen) atoms. The number of nitrogens with one attached hydrogen (secondary N) is 2. The summed E-state index contributed by atoms with van der Waals surface area (Å²) in [6.07, 6.45) is 5.29. The number of hydrogen-bond acceptors (Lipinski definition) is 4. The van der Waals surface area contributed by atoms with Crippen LogP contribution in [0.4, 0.5) is 0 Å². The van der Waals surface area contributed by atoms with Gasteiger partial charge in [-0.3, -0.25) is 10.0 Å². The summed E-state index contributed by atoms with van der Waals surface area (Å²) in [5.41, 5.74) is 5.16. The van der Waals surface area contributed by atoms with Gasteiger partial charge in [0, 0.05) is 18.7 Å². The number of amides is 1. The van der Waals surface area contributed by atoms with E-state index in [1.807, 2.05) is 36.4 Å². The Morgan fingerprint density at radius 3 is 2.82 bits per heavy atom. The first-order chi connectivity index (χ1) is 10.7. The van der Waals surface area contributed by atoms with Gasteiger partial charge in [-0.2, -0.15) is 0 Å². The van der Waals surface area contributed by atoms with Crippen LogP contribution in [0, 0.1) is 0 Å². The number of rotatable bonds is 4. The summed E-state index contributed by atoms with van der Waals surface area (Å²) in [6, 6.07) is 11.6. The lowest BCUT2D eigenvalue weighted by molar-refractivity contribution is -0.124. The highest BCUT2D eigenvalue weighted by Crippen LogP contribution is 2.13. The summed E-state index contributed by atoms with van der Waals surface area (Å²) < 4.78 is 0. The average Bonchev–Trinajstić information content (AvgIpc) is 2.96. The minimum Gasteiger partial charge on any atom is -0.340 e. The third-order valence-corrected chi connectivity index (χ3v) is 3.20. The second-order valence-electron chi connectivity index (χ2n) is 4.79. The van der Waals surface area contributed by atoms with Crippen LogP contribution in [0.15, 0.2) is 48.7 Å². The first-order valence-electron chi connectivity index (χ1n) is 6.75. The summed E-state index contributed by atoms with van der Waals surface area (Å²) in [5, 5.41) is 8.41. The maximum absolute atomic E-state index is 10.9. The highest BCUT2D eigenvalue weighted by Gasteiger charge is 2.04. The van der Waals surface area contributed by atoms with E-state index in [-0.39, 0.29) is 0 Å². The molecule has 2 aromatic heterocycles. The van der Waals surface area contributed by atoms with Gasteiger partial charge in [0.2, 0.25) is 0 Å². The van der Waals surface area contributed by atoms with E-state index < -0.39 is 5.91 Å². The average molecular weight is 294 g/mol. The number of pyridine rings is 1. The molecule has 3 N–H and O–H groups in total. The molecule has 3 aromatic rings. The molecule has 0 radical (unpaired) electrons. The van der Waals surface area contributed by atoms with E-state index in [0.29, 0.717) is 12.1 Å². The minimum atomic E-state index is -0.557. The SMILES string of the molecule is O=C(/C=C/c1ccc(Cc2nc3ncccc3[nH]2)cc1)NO. The molecule has 0 aliphatic carbocycles. The number of aromatic amines is 1. The lowest BCUT2D eigenvalue weighted by Crippen LogP contribution is -2.14. The molecule has 6 heteroatoms. The van der Waals surface area contributed by atoms with Crippen LogP contribution >= 0.6 is 0 Å². The number of benzene rings is 1. The molecule has 0 atom stereocenters. The van der Waals surface area contributed by atoms with Crippen molar-refractivity contribution < 1.29 is 10.0 Å². The van der Waals surface area contributed by atoms with Crippen LogP contribution in [0.25, 0.3) is 17.2 Å². The molecular formula is C16H14N4O2. The van der Waals surface area contributed by atoms with Crippen LogP contribution in [-0.2, 0) is 11.2 Å². The number of nitrogens with zero attached hydrogens (tertiary/aromatic N) is 2. The molecule has 110 valence electrons. The molecule has 0 spiro atoms. The standard InChI is InChI=1S/C16H14N4O2/c21-15(20-22)8-7-11-3-5-12(6-4-11)10-14-18-13-2-1-9-17-16(13)19-14/h1-9,22H,10H2,(H,20,21)(H,17,18,19)/b8-7+. The fraction of sp³-hybridized carbons (Fsp3) is 0.0625. The van der Waals surface area contributed by atoms with Crippen molar-refractivity contribution in [2.45, 2.75) is 6.42 Å². The first-order valence-corrected chi connectivity index (χ1v) is 6.75. The van der Waals surface area contributed by atoms with Crippen LogP contribution in [-0.4, -0.2) is 26.1 Å². The van der Waals surface area contributed by atoms with E-state index >= 15 is 0 Å². The quantitative estimate of drug-likeness (QED) is 0.390. The van der Waals surface area contributed by atoms with Crippen LogP contribution in [0.2, 0.25) is 0 Å². The molecular weight excluding hydrogens is 280 g/mol. The fourth-order valence-electron chi connectivity index (χ4n) is 2.13. The molecule has 1 aromatic carbocycles. The monoisotopic (exact) mass is 294 g/mol. The second kappa shape index (κ2) is 6.19. The number of hydroxylamine groups is 1. The van der Waals surface area contributed by atoms with Crippen molar-refractivity contribution >= 4 is 23.1 Å². The second-order valence-corrected chi connectivity index (χ2v) is 4.79. The van der Waals surface area contributed by atoms with Crippen molar-refractivity contribution in [1.29, 1.82) is 0 Å². The summed E-state index contributed by atoms with van der Waals surface area (Å²) in [4.78, 5) is 22.8. The summed E-state index contributed by atoms with van der Waals surface area (Å²) in [7, 11) is 0. The number of hydrogen-bond donors (Lipinski definition) is 3. The predicted molar refractivity (Wildman–Crippen MR) is 82.1 cm³/mol. The maximum atomic E-state index is 10.9. The molecule has 0 unspecified atom stereocenters. The van der Waals surface area contributed by atoms with E-state index in [0.717, 1.165) is 22.5 Å². The number of aromatic nitrogens is 3. The Kier molecular flexibility index (Phi) is 3.93. The van der Waals surface area contributed by atoms with Crippen molar-refractivity contribution in [3.63, 3.8) is 0 Å². The van der Waals surface area contributed by atoms with Crippen LogP contribution in [0.1, 0.15) is 17.0 Å². The maximum Gasteiger partial charge on any atom is 0.267 e. The van der Waals surface area contributed by atoms with Gasteiger partial charge in [0.1, 0.15) is 5.82 Å². The Labute approximate surface area is 126 Å². The summed E-state index contributed by atoms with van der Waals surface area (Å²) in [5.74, 6) is 0.301. The minimum absolute atomic E-state index is 0.557. The van der Waals surface area contributed by atoms with E-state index in [1.54, 1.807) is 17.8 Å². The molecule has 1 amide bonds. The molecule has 0 aliphatic rings. The molecule has 0 saturated heterocycles. The lowest BCUT2D eigenvalue weighted by atomic mass is 10.1. The Balaban J connectivity index is 1.73. The van der Waals surface area contributed by atoms with E-state index in [2.05, 4.69) is 15.0 Å².